The Kier molecular flexibility index (Phi) is 10.6. The normalized spacial score (nSPS) is 11.1. The Morgan fingerprint density at radius 3 is 2.45 bits per heavy atom. The summed E-state index contributed by atoms with van der Waals surface area (Å²) in [5.41, 5.74) is 3.90. The van der Waals surface area contributed by atoms with Gasteiger partial charge in [0.1, 0.15) is 12.4 Å². The van der Waals surface area contributed by atoms with E-state index in [-0.39, 0.29) is 17.8 Å². The van der Waals surface area contributed by atoms with Gasteiger partial charge in [-0.05, 0) is 69.1 Å². The summed E-state index contributed by atoms with van der Waals surface area (Å²) < 4.78 is 6.05. The molecular formula is C26H34ClNO. The van der Waals surface area contributed by atoms with Crippen LogP contribution in [0.5, 0.6) is 5.75 Å². The van der Waals surface area contributed by atoms with E-state index in [0.29, 0.717) is 6.61 Å². The Labute approximate surface area is 183 Å². The third-order valence-electron chi connectivity index (χ3n) is 4.31. The second-order valence-electron chi connectivity index (χ2n) is 8.18. The number of allylic oxidation sites excluding steroid dienone is 1. The SMILES string of the molecule is CCc1ccccc1COc1cccc(CN(C)C/C=C/C#CC(C)(C)C)c1.Cl. The molecule has 0 spiro atoms. The summed E-state index contributed by atoms with van der Waals surface area (Å²) in [6, 6.07) is 16.8. The number of halogens is 1. The molecule has 0 aliphatic heterocycles. The Morgan fingerprint density at radius 1 is 1.03 bits per heavy atom. The number of nitrogens with zero attached hydrogens (tertiary/aromatic N) is 1. The average Bonchev–Trinajstić information content (AvgIpc) is 2.65. The molecule has 2 aromatic carbocycles. The summed E-state index contributed by atoms with van der Waals surface area (Å²) in [5.74, 6) is 7.25. The lowest BCUT2D eigenvalue weighted by Gasteiger charge is -2.15. The monoisotopic (exact) mass is 411 g/mol. The molecule has 2 rings (SSSR count). The Hall–Kier alpha value is -2.21. The summed E-state index contributed by atoms with van der Waals surface area (Å²) in [4.78, 5) is 2.26. The van der Waals surface area contributed by atoms with Crippen molar-refractivity contribution in [2.75, 3.05) is 13.6 Å². The van der Waals surface area contributed by atoms with Crippen molar-refractivity contribution in [1.82, 2.24) is 4.90 Å². The van der Waals surface area contributed by atoms with Crippen LogP contribution in [0.1, 0.15) is 44.4 Å². The summed E-state index contributed by atoms with van der Waals surface area (Å²) in [5, 5.41) is 0. The quantitative estimate of drug-likeness (QED) is 0.473. The molecule has 0 radical (unpaired) electrons. The topological polar surface area (TPSA) is 12.5 Å². The van der Waals surface area contributed by atoms with Gasteiger partial charge in [-0.3, -0.25) is 4.90 Å². The zero-order valence-corrected chi connectivity index (χ0v) is 19.2. The molecule has 3 heteroatoms. The molecule has 0 amide bonds. The van der Waals surface area contributed by atoms with E-state index in [1.807, 2.05) is 12.1 Å². The minimum absolute atomic E-state index is 0. The summed E-state index contributed by atoms with van der Waals surface area (Å²) in [7, 11) is 2.12. The second kappa shape index (κ2) is 12.4. The van der Waals surface area contributed by atoms with Gasteiger partial charge < -0.3 is 4.74 Å². The largest absolute Gasteiger partial charge is 0.489 e. The van der Waals surface area contributed by atoms with Gasteiger partial charge in [0.15, 0.2) is 0 Å². The highest BCUT2D eigenvalue weighted by Gasteiger charge is 2.04. The minimum Gasteiger partial charge on any atom is -0.489 e. The van der Waals surface area contributed by atoms with E-state index >= 15 is 0 Å². The van der Waals surface area contributed by atoms with E-state index < -0.39 is 0 Å². The van der Waals surface area contributed by atoms with Gasteiger partial charge in [0, 0.05) is 18.5 Å². The number of hydrogen-bond donors (Lipinski definition) is 0. The molecule has 0 saturated heterocycles. The van der Waals surface area contributed by atoms with Crippen molar-refractivity contribution in [3.8, 4) is 17.6 Å². The van der Waals surface area contributed by atoms with E-state index in [1.54, 1.807) is 0 Å². The maximum atomic E-state index is 6.05. The zero-order chi connectivity index (χ0) is 20.4. The first kappa shape index (κ1) is 24.8. The first-order valence-corrected chi connectivity index (χ1v) is 10.0. The molecule has 2 aromatic rings. The number of benzene rings is 2. The molecule has 29 heavy (non-hydrogen) atoms. The predicted molar refractivity (Wildman–Crippen MR) is 127 cm³/mol. The fourth-order valence-corrected chi connectivity index (χ4v) is 2.86. The van der Waals surface area contributed by atoms with Crippen molar-refractivity contribution in [2.45, 2.75) is 47.3 Å². The fourth-order valence-electron chi connectivity index (χ4n) is 2.86. The lowest BCUT2D eigenvalue weighted by molar-refractivity contribution is 0.303. The smallest absolute Gasteiger partial charge is 0.120 e. The van der Waals surface area contributed by atoms with Gasteiger partial charge in [-0.25, -0.2) is 0 Å². The molecule has 0 unspecified atom stereocenters. The van der Waals surface area contributed by atoms with Gasteiger partial charge in [-0.2, -0.15) is 0 Å². The van der Waals surface area contributed by atoms with Gasteiger partial charge >= 0.3 is 0 Å². The van der Waals surface area contributed by atoms with Gasteiger partial charge in [0.05, 0.1) is 0 Å². The van der Waals surface area contributed by atoms with Crippen LogP contribution in [0.25, 0.3) is 0 Å². The molecule has 0 heterocycles. The number of aryl methyl sites for hydroxylation is 1. The van der Waals surface area contributed by atoms with Crippen LogP contribution in [0.15, 0.2) is 60.7 Å². The zero-order valence-electron chi connectivity index (χ0n) is 18.4. The van der Waals surface area contributed by atoms with Crippen LogP contribution in [0.4, 0.5) is 0 Å². The lowest BCUT2D eigenvalue weighted by atomic mass is 9.98. The van der Waals surface area contributed by atoms with E-state index in [4.69, 9.17) is 4.74 Å². The van der Waals surface area contributed by atoms with Crippen LogP contribution in [-0.2, 0) is 19.6 Å². The van der Waals surface area contributed by atoms with Crippen LogP contribution in [-0.4, -0.2) is 18.5 Å². The summed E-state index contributed by atoms with van der Waals surface area (Å²) in [6.07, 6.45) is 5.09. The van der Waals surface area contributed by atoms with Gasteiger partial charge in [-0.15, -0.1) is 12.4 Å². The highest BCUT2D eigenvalue weighted by Crippen LogP contribution is 2.18. The van der Waals surface area contributed by atoms with Crippen molar-refractivity contribution < 1.29 is 4.74 Å². The highest BCUT2D eigenvalue weighted by atomic mass is 35.5. The van der Waals surface area contributed by atoms with Crippen LogP contribution >= 0.6 is 12.4 Å². The van der Waals surface area contributed by atoms with Crippen molar-refractivity contribution in [1.29, 1.82) is 0 Å². The summed E-state index contributed by atoms with van der Waals surface area (Å²) >= 11 is 0. The number of ether oxygens (including phenoxy) is 1. The van der Waals surface area contributed by atoms with Crippen LogP contribution < -0.4 is 4.74 Å². The van der Waals surface area contributed by atoms with Crippen LogP contribution in [0, 0.1) is 17.3 Å². The van der Waals surface area contributed by atoms with Crippen molar-refractivity contribution in [3.05, 3.63) is 77.4 Å². The molecule has 0 saturated carbocycles. The third-order valence-corrected chi connectivity index (χ3v) is 4.31. The van der Waals surface area contributed by atoms with E-state index in [1.165, 1.54) is 16.7 Å². The molecule has 0 aromatic heterocycles. The molecule has 0 aliphatic rings. The molecular weight excluding hydrogens is 378 g/mol. The van der Waals surface area contributed by atoms with Crippen molar-refractivity contribution >= 4 is 12.4 Å². The lowest BCUT2D eigenvalue weighted by Crippen LogP contribution is -2.17. The Morgan fingerprint density at radius 2 is 1.76 bits per heavy atom. The van der Waals surface area contributed by atoms with Crippen molar-refractivity contribution in [2.24, 2.45) is 5.41 Å². The fraction of sp³-hybridized carbons (Fsp3) is 0.385. The van der Waals surface area contributed by atoms with Crippen LogP contribution in [0.3, 0.4) is 0 Å². The van der Waals surface area contributed by atoms with E-state index in [0.717, 1.165) is 25.3 Å². The first-order valence-electron chi connectivity index (χ1n) is 10.0. The molecule has 0 aliphatic carbocycles. The summed E-state index contributed by atoms with van der Waals surface area (Å²) in [6.45, 7) is 10.9. The maximum absolute atomic E-state index is 6.05. The molecule has 0 N–H and O–H groups in total. The average molecular weight is 412 g/mol. The van der Waals surface area contributed by atoms with E-state index in [9.17, 15) is 0 Å². The number of hydrogen-bond acceptors (Lipinski definition) is 2. The van der Waals surface area contributed by atoms with E-state index in [2.05, 4.69) is 100 Å². The van der Waals surface area contributed by atoms with Gasteiger partial charge in [0.2, 0.25) is 0 Å². The molecule has 156 valence electrons. The Balaban J connectivity index is 0.00000420. The minimum atomic E-state index is 0. The number of likely N-dealkylation sites (N-methyl/N-ethyl adjacent to an activating group) is 1. The number of rotatable bonds is 8. The third kappa shape index (κ3) is 9.70. The van der Waals surface area contributed by atoms with Crippen molar-refractivity contribution in [3.63, 3.8) is 0 Å². The molecule has 2 nitrogen and oxygen atoms in total. The molecule has 0 bridgehead atoms. The highest BCUT2D eigenvalue weighted by molar-refractivity contribution is 5.85. The predicted octanol–water partition coefficient (Wildman–Crippen LogP) is 6.29. The standard InChI is InChI=1S/C26H33NO.ClH/c1-6-23-14-8-9-15-24(23)21-28-25-16-12-13-22(19-25)20-27(5)18-11-7-10-17-26(2,3)4;/h7-9,11-16,19H,6,18,20-21H2,1-5H3;1H/b11-7+;. The molecule has 0 atom stereocenters. The van der Waals surface area contributed by atoms with Gasteiger partial charge in [-0.1, -0.05) is 61.2 Å². The van der Waals surface area contributed by atoms with Crippen LogP contribution in [0.2, 0.25) is 0 Å². The first-order chi connectivity index (χ1) is 13.4. The maximum Gasteiger partial charge on any atom is 0.120 e. The Bertz CT molecular complexity index is 840. The van der Waals surface area contributed by atoms with Gasteiger partial charge in [0.25, 0.3) is 0 Å². The molecule has 0 fully saturated rings. The second-order valence-corrected chi connectivity index (χ2v) is 8.18.